The lowest BCUT2D eigenvalue weighted by molar-refractivity contribution is -0.161. The standard InChI is InChI=1S/C43H73O10P/c1-3-5-7-9-11-13-15-17-18-19-20-21-22-23-25-27-29-31-33-35-43(47)53-41(39-52-54(48,49)51-37-40(45)36-44)38-50-42(46)34-32-30-28-26-24-16-14-12-10-8-6-4-2/h5,7,11-14,17-18,20-21,23,25,40-41,44-45H,3-4,6,8-10,15-16,19,22,24,26-39H2,1-2H3,(H,48,49)/b7-5-,13-11-,14-12-,18-17-,21-20-,25-23-. The zero-order valence-electron chi connectivity index (χ0n) is 33.4. The van der Waals surface area contributed by atoms with Crippen LogP contribution in [0.4, 0.5) is 0 Å². The second-order valence-electron chi connectivity index (χ2n) is 13.3. The van der Waals surface area contributed by atoms with Gasteiger partial charge in [0.1, 0.15) is 12.7 Å². The number of hydrogen-bond acceptors (Lipinski definition) is 9. The normalized spacial score (nSPS) is 14.7. The summed E-state index contributed by atoms with van der Waals surface area (Å²) in [6.45, 7) is 2.16. The summed E-state index contributed by atoms with van der Waals surface area (Å²) >= 11 is 0. The highest BCUT2D eigenvalue weighted by Crippen LogP contribution is 2.43. The average Bonchev–Trinajstić information content (AvgIpc) is 3.16. The fourth-order valence-corrected chi connectivity index (χ4v) is 5.74. The molecule has 0 aromatic carbocycles. The van der Waals surface area contributed by atoms with Crippen LogP contribution < -0.4 is 0 Å². The van der Waals surface area contributed by atoms with Crippen LogP contribution in [0.1, 0.15) is 149 Å². The molecule has 0 radical (unpaired) electrons. The summed E-state index contributed by atoms with van der Waals surface area (Å²) in [5.41, 5.74) is 0. The van der Waals surface area contributed by atoms with Gasteiger partial charge in [-0.1, -0.05) is 125 Å². The largest absolute Gasteiger partial charge is 0.472 e. The van der Waals surface area contributed by atoms with Crippen LogP contribution in [-0.2, 0) is 32.7 Å². The van der Waals surface area contributed by atoms with Gasteiger partial charge in [-0.15, -0.1) is 0 Å². The fraction of sp³-hybridized carbons (Fsp3) is 0.674. The van der Waals surface area contributed by atoms with E-state index in [1.165, 1.54) is 19.3 Å². The Kier molecular flexibility index (Phi) is 36.8. The van der Waals surface area contributed by atoms with Crippen molar-refractivity contribution in [2.24, 2.45) is 0 Å². The monoisotopic (exact) mass is 780 g/mol. The lowest BCUT2D eigenvalue weighted by Crippen LogP contribution is -2.29. The number of allylic oxidation sites excluding steroid dienone is 12. The molecule has 0 aromatic heterocycles. The molecule has 0 aliphatic heterocycles. The van der Waals surface area contributed by atoms with Gasteiger partial charge in [0.2, 0.25) is 0 Å². The molecule has 0 aromatic rings. The first-order valence-electron chi connectivity index (χ1n) is 20.4. The Labute approximate surface area is 327 Å². The molecule has 0 saturated heterocycles. The Bertz CT molecular complexity index is 1130. The summed E-state index contributed by atoms with van der Waals surface area (Å²) in [6, 6.07) is 0. The summed E-state index contributed by atoms with van der Waals surface area (Å²) in [4.78, 5) is 34.9. The van der Waals surface area contributed by atoms with Crippen molar-refractivity contribution in [1.82, 2.24) is 0 Å². The third kappa shape index (κ3) is 37.7. The number of hydrogen-bond donors (Lipinski definition) is 3. The van der Waals surface area contributed by atoms with Gasteiger partial charge >= 0.3 is 19.8 Å². The van der Waals surface area contributed by atoms with Gasteiger partial charge in [-0.2, -0.15) is 0 Å². The van der Waals surface area contributed by atoms with E-state index in [9.17, 15) is 24.2 Å². The summed E-state index contributed by atoms with van der Waals surface area (Å²) in [7, 11) is -4.63. The first kappa shape index (κ1) is 51.4. The molecule has 3 unspecified atom stereocenters. The fourth-order valence-electron chi connectivity index (χ4n) is 4.95. The van der Waals surface area contributed by atoms with Crippen molar-refractivity contribution in [3.63, 3.8) is 0 Å². The van der Waals surface area contributed by atoms with Crippen molar-refractivity contribution < 1.29 is 47.8 Å². The first-order chi connectivity index (χ1) is 26.2. The van der Waals surface area contributed by atoms with E-state index in [1.807, 2.05) is 0 Å². The van der Waals surface area contributed by atoms with Crippen molar-refractivity contribution in [3.8, 4) is 0 Å². The van der Waals surface area contributed by atoms with E-state index in [0.717, 1.165) is 89.9 Å². The molecular weight excluding hydrogens is 707 g/mol. The molecule has 11 heteroatoms. The Morgan fingerprint density at radius 2 is 1.02 bits per heavy atom. The minimum atomic E-state index is -4.63. The number of carbonyl (C=O) groups excluding carboxylic acids is 2. The molecule has 0 aliphatic rings. The topological polar surface area (TPSA) is 149 Å². The Morgan fingerprint density at radius 3 is 1.57 bits per heavy atom. The van der Waals surface area contributed by atoms with Gasteiger partial charge in [0.05, 0.1) is 19.8 Å². The zero-order chi connectivity index (χ0) is 39.8. The Hall–Kier alpha value is -2.59. The van der Waals surface area contributed by atoms with Gasteiger partial charge in [-0.25, -0.2) is 4.57 Å². The maximum absolute atomic E-state index is 12.6. The number of esters is 2. The van der Waals surface area contributed by atoms with Crippen LogP contribution in [0.3, 0.4) is 0 Å². The highest BCUT2D eigenvalue weighted by molar-refractivity contribution is 7.47. The second kappa shape index (κ2) is 38.7. The van der Waals surface area contributed by atoms with Crippen molar-refractivity contribution in [1.29, 1.82) is 0 Å². The van der Waals surface area contributed by atoms with Crippen LogP contribution in [-0.4, -0.2) is 65.7 Å². The maximum Gasteiger partial charge on any atom is 0.472 e. The average molecular weight is 781 g/mol. The predicted octanol–water partition coefficient (Wildman–Crippen LogP) is 10.5. The van der Waals surface area contributed by atoms with E-state index in [1.54, 1.807) is 0 Å². The Morgan fingerprint density at radius 1 is 0.574 bits per heavy atom. The number of ether oxygens (including phenoxy) is 2. The quantitative estimate of drug-likeness (QED) is 0.0241. The number of carbonyl (C=O) groups is 2. The molecule has 3 N–H and O–H groups in total. The molecule has 3 atom stereocenters. The number of phosphoric ester groups is 1. The predicted molar refractivity (Wildman–Crippen MR) is 219 cm³/mol. The van der Waals surface area contributed by atoms with E-state index in [0.29, 0.717) is 12.8 Å². The molecule has 310 valence electrons. The van der Waals surface area contributed by atoms with Gasteiger partial charge in [-0.3, -0.25) is 18.6 Å². The maximum atomic E-state index is 12.6. The second-order valence-corrected chi connectivity index (χ2v) is 14.7. The molecule has 0 bridgehead atoms. The molecule has 0 amide bonds. The van der Waals surface area contributed by atoms with E-state index in [-0.39, 0.29) is 19.4 Å². The van der Waals surface area contributed by atoms with Crippen molar-refractivity contribution >= 4 is 19.8 Å². The van der Waals surface area contributed by atoms with Crippen LogP contribution in [0.25, 0.3) is 0 Å². The summed E-state index contributed by atoms with van der Waals surface area (Å²) < 4.78 is 32.6. The molecule has 0 saturated carbocycles. The number of aliphatic hydroxyl groups excluding tert-OH is 2. The molecule has 10 nitrogen and oxygen atoms in total. The first-order valence-corrected chi connectivity index (χ1v) is 21.9. The lowest BCUT2D eigenvalue weighted by atomic mass is 10.1. The molecule has 0 aliphatic carbocycles. The van der Waals surface area contributed by atoms with Gasteiger partial charge in [0, 0.05) is 12.8 Å². The minimum absolute atomic E-state index is 0.140. The van der Waals surface area contributed by atoms with Gasteiger partial charge in [0.25, 0.3) is 0 Å². The van der Waals surface area contributed by atoms with Crippen LogP contribution in [0, 0.1) is 0 Å². The molecule has 0 rings (SSSR count). The smallest absolute Gasteiger partial charge is 0.462 e. The van der Waals surface area contributed by atoms with E-state index in [2.05, 4.69) is 91.3 Å². The minimum Gasteiger partial charge on any atom is -0.462 e. The van der Waals surface area contributed by atoms with Crippen LogP contribution in [0.15, 0.2) is 72.9 Å². The van der Waals surface area contributed by atoms with E-state index in [4.69, 9.17) is 19.1 Å². The summed E-state index contributed by atoms with van der Waals surface area (Å²) in [5.74, 6) is -0.981. The third-order valence-electron chi connectivity index (χ3n) is 8.09. The molecule has 54 heavy (non-hydrogen) atoms. The van der Waals surface area contributed by atoms with E-state index >= 15 is 0 Å². The molecule has 0 heterocycles. The summed E-state index contributed by atoms with van der Waals surface area (Å²) in [6.07, 6.45) is 43.0. The van der Waals surface area contributed by atoms with E-state index < -0.39 is 51.8 Å². The molecule has 0 fully saturated rings. The SMILES string of the molecule is CC/C=C\C/C=C\C/C=C\C/C=C\C/C=C\CCCCCC(=O)OC(COC(=O)CCCCCCC/C=C\CCCCC)COP(=O)(O)OCC(O)CO. The van der Waals surface area contributed by atoms with Crippen molar-refractivity contribution in [2.75, 3.05) is 26.4 Å². The van der Waals surface area contributed by atoms with Crippen LogP contribution >= 0.6 is 7.82 Å². The zero-order valence-corrected chi connectivity index (χ0v) is 34.3. The van der Waals surface area contributed by atoms with Crippen LogP contribution in [0.2, 0.25) is 0 Å². The Balaban J connectivity index is 4.42. The third-order valence-corrected chi connectivity index (χ3v) is 9.05. The highest BCUT2D eigenvalue weighted by Gasteiger charge is 2.27. The number of phosphoric acid groups is 1. The number of unbranched alkanes of at least 4 members (excludes halogenated alkanes) is 11. The van der Waals surface area contributed by atoms with Crippen LogP contribution in [0.5, 0.6) is 0 Å². The number of aliphatic hydroxyl groups is 2. The lowest BCUT2D eigenvalue weighted by Gasteiger charge is -2.20. The van der Waals surface area contributed by atoms with Gasteiger partial charge < -0.3 is 24.6 Å². The molecular formula is C43H73O10P. The van der Waals surface area contributed by atoms with Gasteiger partial charge in [-0.05, 0) is 83.5 Å². The number of rotatable bonds is 37. The highest BCUT2D eigenvalue weighted by atomic mass is 31.2. The van der Waals surface area contributed by atoms with Crippen molar-refractivity contribution in [3.05, 3.63) is 72.9 Å². The summed E-state index contributed by atoms with van der Waals surface area (Å²) in [5, 5.41) is 18.3. The van der Waals surface area contributed by atoms with Gasteiger partial charge in [0.15, 0.2) is 6.10 Å². The van der Waals surface area contributed by atoms with Crippen molar-refractivity contribution in [2.45, 2.75) is 161 Å². The molecule has 0 spiro atoms.